The van der Waals surface area contributed by atoms with Crippen molar-refractivity contribution < 1.29 is 14.6 Å². The number of aliphatic imine (C=N–C) groups is 1. The molecule has 5 nitrogen and oxygen atoms in total. The number of rotatable bonds is 2. The van der Waals surface area contributed by atoms with Gasteiger partial charge in [0.15, 0.2) is 11.2 Å². The number of nitrogens with zero attached hydrogens (tertiary/aromatic N) is 1. The fourth-order valence-corrected chi connectivity index (χ4v) is 3.05. The number of esters is 1. The lowest BCUT2D eigenvalue weighted by atomic mass is 10.0. The third-order valence-corrected chi connectivity index (χ3v) is 4.23. The second kappa shape index (κ2) is 5.36. The number of aromatic hydroxyl groups is 1. The number of benzene rings is 1. The summed E-state index contributed by atoms with van der Waals surface area (Å²) in [4.78, 5) is 16.1. The quantitative estimate of drug-likeness (QED) is 0.648. The first-order valence-corrected chi connectivity index (χ1v) is 7.06. The molecule has 0 bridgehead atoms. The maximum Gasteiger partial charge on any atom is 0.332 e. The normalized spacial score (nSPS) is 20.4. The molecule has 0 spiro atoms. The summed E-state index contributed by atoms with van der Waals surface area (Å²) in [6.07, 6.45) is 0. The van der Waals surface area contributed by atoms with Gasteiger partial charge in [-0.25, -0.2) is 9.79 Å². The highest BCUT2D eigenvalue weighted by atomic mass is 32.2. The van der Waals surface area contributed by atoms with Crippen molar-refractivity contribution in [2.75, 3.05) is 12.4 Å². The molecule has 0 amide bonds. The van der Waals surface area contributed by atoms with E-state index in [9.17, 15) is 9.90 Å². The van der Waals surface area contributed by atoms with Crippen molar-refractivity contribution >= 4 is 28.6 Å². The Bertz CT molecular complexity index is 570. The standard InChI is InChI=1S/C14H18N2O3S/c1-8-5-6-10(17)9(7-8)15-13-16-11(12(18)19-4)14(2,3)20-13/h5-7,11,17H,1-4H3,(H,15,16). The Labute approximate surface area is 122 Å². The van der Waals surface area contributed by atoms with Gasteiger partial charge in [0.25, 0.3) is 0 Å². The number of hydrogen-bond acceptors (Lipinski definition) is 6. The molecule has 1 unspecified atom stereocenters. The number of hydrogen-bond donors (Lipinski definition) is 2. The number of thioether (sulfide) groups is 1. The number of nitrogens with one attached hydrogen (secondary N) is 1. The molecule has 1 aromatic rings. The maximum atomic E-state index is 11.7. The number of phenols is 1. The highest BCUT2D eigenvalue weighted by Crippen LogP contribution is 2.39. The second-order valence-corrected chi connectivity index (χ2v) is 6.85. The summed E-state index contributed by atoms with van der Waals surface area (Å²) in [5.41, 5.74) is 1.61. The van der Waals surface area contributed by atoms with Gasteiger partial charge in [0, 0.05) is 0 Å². The first-order chi connectivity index (χ1) is 9.33. The molecule has 108 valence electrons. The van der Waals surface area contributed by atoms with Crippen molar-refractivity contribution in [2.45, 2.75) is 31.6 Å². The monoisotopic (exact) mass is 294 g/mol. The molecule has 20 heavy (non-hydrogen) atoms. The predicted octanol–water partition coefficient (Wildman–Crippen LogP) is 2.54. The zero-order valence-corrected chi connectivity index (χ0v) is 12.7. The van der Waals surface area contributed by atoms with E-state index in [4.69, 9.17) is 4.74 Å². The Hall–Kier alpha value is -1.69. The minimum atomic E-state index is -0.549. The van der Waals surface area contributed by atoms with Crippen LogP contribution in [-0.2, 0) is 9.53 Å². The van der Waals surface area contributed by atoms with Gasteiger partial charge < -0.3 is 15.2 Å². The summed E-state index contributed by atoms with van der Waals surface area (Å²) >= 11 is 1.46. The molecule has 6 heteroatoms. The summed E-state index contributed by atoms with van der Waals surface area (Å²) in [5, 5.41) is 13.5. The SMILES string of the molecule is COC(=O)C1N=C(Nc2cc(C)ccc2O)SC1(C)C. The van der Waals surface area contributed by atoms with E-state index in [1.807, 2.05) is 32.9 Å². The first kappa shape index (κ1) is 14.7. The Balaban J connectivity index is 2.22. The fourth-order valence-electron chi connectivity index (χ4n) is 1.98. The molecule has 1 atom stereocenters. The van der Waals surface area contributed by atoms with Gasteiger partial charge in [-0.15, -0.1) is 0 Å². The molecular formula is C14H18N2O3S. The van der Waals surface area contributed by atoms with Crippen molar-refractivity contribution in [3.63, 3.8) is 0 Å². The van der Waals surface area contributed by atoms with Crippen LogP contribution in [-0.4, -0.2) is 34.1 Å². The van der Waals surface area contributed by atoms with Crippen molar-refractivity contribution in [1.82, 2.24) is 0 Å². The van der Waals surface area contributed by atoms with Crippen LogP contribution < -0.4 is 5.32 Å². The third-order valence-electron chi connectivity index (χ3n) is 3.08. The molecule has 1 aromatic carbocycles. The minimum absolute atomic E-state index is 0.151. The van der Waals surface area contributed by atoms with Gasteiger partial charge in [0.2, 0.25) is 0 Å². The molecule has 2 N–H and O–H groups in total. The van der Waals surface area contributed by atoms with Crippen LogP contribution in [0.5, 0.6) is 5.75 Å². The van der Waals surface area contributed by atoms with Crippen LogP contribution in [0.2, 0.25) is 0 Å². The number of ether oxygens (including phenoxy) is 1. The number of methoxy groups -OCH3 is 1. The van der Waals surface area contributed by atoms with Crippen LogP contribution in [0.3, 0.4) is 0 Å². The van der Waals surface area contributed by atoms with Crippen LogP contribution in [0.25, 0.3) is 0 Å². The number of aryl methyl sites for hydroxylation is 1. The highest BCUT2D eigenvalue weighted by Gasteiger charge is 2.43. The molecule has 0 saturated heterocycles. The maximum absolute atomic E-state index is 11.7. The van der Waals surface area contributed by atoms with Crippen molar-refractivity contribution in [3.05, 3.63) is 23.8 Å². The number of anilines is 1. The Morgan fingerprint density at radius 1 is 1.50 bits per heavy atom. The fraction of sp³-hybridized carbons (Fsp3) is 0.429. The van der Waals surface area contributed by atoms with Crippen LogP contribution in [0.4, 0.5) is 5.69 Å². The van der Waals surface area contributed by atoms with Gasteiger partial charge in [-0.2, -0.15) is 0 Å². The van der Waals surface area contributed by atoms with E-state index in [-0.39, 0.29) is 16.5 Å². The summed E-state index contributed by atoms with van der Waals surface area (Å²) < 4.78 is 4.39. The largest absolute Gasteiger partial charge is 0.506 e. The van der Waals surface area contributed by atoms with Gasteiger partial charge in [0.05, 0.1) is 17.5 Å². The van der Waals surface area contributed by atoms with E-state index >= 15 is 0 Å². The second-order valence-electron chi connectivity index (χ2n) is 5.21. The van der Waals surface area contributed by atoms with Crippen LogP contribution in [0.15, 0.2) is 23.2 Å². The first-order valence-electron chi connectivity index (χ1n) is 6.25. The molecule has 0 radical (unpaired) electrons. The lowest BCUT2D eigenvalue weighted by Crippen LogP contribution is -2.35. The molecule has 1 aliphatic rings. The topological polar surface area (TPSA) is 70.9 Å². The van der Waals surface area contributed by atoms with Crippen LogP contribution in [0.1, 0.15) is 19.4 Å². The molecule has 0 aliphatic carbocycles. The summed E-state index contributed by atoms with van der Waals surface area (Å²) in [5.74, 6) is -0.203. The number of carbonyl (C=O) groups is 1. The smallest absolute Gasteiger partial charge is 0.332 e. The number of amidine groups is 1. The Morgan fingerprint density at radius 3 is 2.85 bits per heavy atom. The predicted molar refractivity (Wildman–Crippen MR) is 81.4 cm³/mol. The van der Waals surface area contributed by atoms with E-state index in [2.05, 4.69) is 10.3 Å². The lowest BCUT2D eigenvalue weighted by Gasteiger charge is -2.21. The van der Waals surface area contributed by atoms with Gasteiger partial charge in [-0.1, -0.05) is 17.8 Å². The Kier molecular flexibility index (Phi) is 3.94. The summed E-state index contributed by atoms with van der Waals surface area (Å²) in [6, 6.07) is 4.73. The van der Waals surface area contributed by atoms with Crippen LogP contribution >= 0.6 is 11.8 Å². The Morgan fingerprint density at radius 2 is 2.20 bits per heavy atom. The van der Waals surface area contributed by atoms with E-state index < -0.39 is 6.04 Å². The molecular weight excluding hydrogens is 276 g/mol. The molecule has 2 rings (SSSR count). The lowest BCUT2D eigenvalue weighted by molar-refractivity contribution is -0.142. The molecule has 0 aromatic heterocycles. The van der Waals surface area contributed by atoms with E-state index in [0.29, 0.717) is 10.9 Å². The third kappa shape index (κ3) is 2.90. The van der Waals surface area contributed by atoms with Gasteiger partial charge >= 0.3 is 5.97 Å². The molecule has 1 heterocycles. The zero-order valence-electron chi connectivity index (χ0n) is 11.9. The van der Waals surface area contributed by atoms with Crippen molar-refractivity contribution in [2.24, 2.45) is 4.99 Å². The van der Waals surface area contributed by atoms with E-state index in [0.717, 1.165) is 5.56 Å². The molecule has 0 fully saturated rings. The minimum Gasteiger partial charge on any atom is -0.506 e. The zero-order chi connectivity index (χ0) is 14.9. The van der Waals surface area contributed by atoms with Crippen molar-refractivity contribution in [1.29, 1.82) is 0 Å². The van der Waals surface area contributed by atoms with Crippen LogP contribution in [0, 0.1) is 6.92 Å². The average molecular weight is 294 g/mol. The number of carbonyl (C=O) groups excluding carboxylic acids is 1. The van der Waals surface area contributed by atoms with Gasteiger partial charge in [-0.3, -0.25) is 0 Å². The average Bonchev–Trinajstić information content (AvgIpc) is 2.68. The molecule has 1 aliphatic heterocycles. The van der Waals surface area contributed by atoms with Gasteiger partial charge in [0.1, 0.15) is 5.75 Å². The summed E-state index contributed by atoms with van der Waals surface area (Å²) in [6.45, 7) is 5.82. The summed E-state index contributed by atoms with van der Waals surface area (Å²) in [7, 11) is 1.36. The molecule has 0 saturated carbocycles. The van der Waals surface area contributed by atoms with Crippen molar-refractivity contribution in [3.8, 4) is 5.75 Å². The highest BCUT2D eigenvalue weighted by molar-refractivity contribution is 8.15. The van der Waals surface area contributed by atoms with Gasteiger partial charge in [-0.05, 0) is 38.5 Å². The van der Waals surface area contributed by atoms with E-state index in [1.54, 1.807) is 6.07 Å². The van der Waals surface area contributed by atoms with E-state index in [1.165, 1.54) is 18.9 Å². The number of phenolic OH excluding ortho intramolecular Hbond substituents is 1.